The fourth-order valence-electron chi connectivity index (χ4n) is 1.29. The summed E-state index contributed by atoms with van der Waals surface area (Å²) in [5.74, 6) is 0.268. The Morgan fingerprint density at radius 2 is 1.81 bits per heavy atom. The molecule has 0 saturated carbocycles. The SMILES string of the molecule is Oc1ccc(COCCn2nccn2)cc1. The Morgan fingerprint density at radius 3 is 2.50 bits per heavy atom. The van der Waals surface area contributed by atoms with Crippen molar-refractivity contribution in [1.82, 2.24) is 15.0 Å². The van der Waals surface area contributed by atoms with Gasteiger partial charge in [-0.2, -0.15) is 15.0 Å². The molecule has 0 fully saturated rings. The van der Waals surface area contributed by atoms with Gasteiger partial charge in [0.15, 0.2) is 0 Å². The quantitative estimate of drug-likeness (QED) is 0.767. The van der Waals surface area contributed by atoms with E-state index in [2.05, 4.69) is 10.2 Å². The van der Waals surface area contributed by atoms with E-state index in [-0.39, 0.29) is 5.75 Å². The zero-order valence-corrected chi connectivity index (χ0v) is 8.78. The number of benzene rings is 1. The molecule has 0 atom stereocenters. The van der Waals surface area contributed by atoms with E-state index in [1.165, 1.54) is 0 Å². The van der Waals surface area contributed by atoms with E-state index in [4.69, 9.17) is 9.84 Å². The average Bonchev–Trinajstić information content (AvgIpc) is 2.80. The number of ether oxygens (including phenoxy) is 1. The fourth-order valence-corrected chi connectivity index (χ4v) is 1.29. The van der Waals surface area contributed by atoms with E-state index < -0.39 is 0 Å². The summed E-state index contributed by atoms with van der Waals surface area (Å²) in [5.41, 5.74) is 1.03. The maximum Gasteiger partial charge on any atom is 0.115 e. The van der Waals surface area contributed by atoms with Gasteiger partial charge in [0.1, 0.15) is 5.75 Å². The van der Waals surface area contributed by atoms with Crippen LogP contribution in [0.25, 0.3) is 0 Å². The third kappa shape index (κ3) is 3.06. The van der Waals surface area contributed by atoms with Crippen LogP contribution in [0.2, 0.25) is 0 Å². The lowest BCUT2D eigenvalue weighted by molar-refractivity contribution is 0.108. The monoisotopic (exact) mass is 219 g/mol. The summed E-state index contributed by atoms with van der Waals surface area (Å²) in [6.07, 6.45) is 3.28. The van der Waals surface area contributed by atoms with Crippen LogP contribution in [0, 0.1) is 0 Å². The number of aromatic nitrogens is 3. The van der Waals surface area contributed by atoms with Crippen molar-refractivity contribution < 1.29 is 9.84 Å². The van der Waals surface area contributed by atoms with Gasteiger partial charge in [-0.1, -0.05) is 12.1 Å². The molecule has 1 aromatic heterocycles. The third-order valence-corrected chi connectivity index (χ3v) is 2.11. The van der Waals surface area contributed by atoms with Crippen LogP contribution in [0.15, 0.2) is 36.7 Å². The molecule has 0 aliphatic rings. The van der Waals surface area contributed by atoms with Gasteiger partial charge in [0, 0.05) is 0 Å². The van der Waals surface area contributed by atoms with Crippen molar-refractivity contribution in [2.75, 3.05) is 6.61 Å². The Kier molecular flexibility index (Phi) is 3.50. The molecule has 0 aliphatic carbocycles. The highest BCUT2D eigenvalue weighted by atomic mass is 16.5. The number of aromatic hydroxyl groups is 1. The molecule has 0 bridgehead atoms. The molecule has 0 radical (unpaired) electrons. The number of rotatable bonds is 5. The van der Waals surface area contributed by atoms with Gasteiger partial charge >= 0.3 is 0 Å². The molecule has 5 heteroatoms. The third-order valence-electron chi connectivity index (χ3n) is 2.11. The number of phenolic OH excluding ortho intramolecular Hbond substituents is 1. The number of nitrogens with zero attached hydrogens (tertiary/aromatic N) is 3. The van der Waals surface area contributed by atoms with Crippen molar-refractivity contribution >= 4 is 0 Å². The molecule has 0 saturated heterocycles. The van der Waals surface area contributed by atoms with Gasteiger partial charge in [0.05, 0.1) is 32.2 Å². The molecule has 2 rings (SSSR count). The topological polar surface area (TPSA) is 60.2 Å². The number of phenols is 1. The van der Waals surface area contributed by atoms with E-state index in [1.54, 1.807) is 29.3 Å². The summed E-state index contributed by atoms with van der Waals surface area (Å²) in [7, 11) is 0. The largest absolute Gasteiger partial charge is 0.508 e. The molecule has 1 N–H and O–H groups in total. The fraction of sp³-hybridized carbons (Fsp3) is 0.273. The first-order valence-corrected chi connectivity index (χ1v) is 5.04. The molecular weight excluding hydrogens is 206 g/mol. The molecule has 0 unspecified atom stereocenters. The Balaban J connectivity index is 1.70. The van der Waals surface area contributed by atoms with Gasteiger partial charge in [-0.05, 0) is 17.7 Å². The predicted octanol–water partition coefficient (Wildman–Crippen LogP) is 1.20. The standard InChI is InChI=1S/C11H13N3O2/c15-11-3-1-10(2-4-11)9-16-8-7-14-12-5-6-13-14/h1-6,15H,7-9H2. The van der Waals surface area contributed by atoms with Crippen LogP contribution in [-0.4, -0.2) is 26.7 Å². The summed E-state index contributed by atoms with van der Waals surface area (Å²) in [5, 5.41) is 17.0. The van der Waals surface area contributed by atoms with Crippen LogP contribution >= 0.6 is 0 Å². The Hall–Kier alpha value is -1.88. The van der Waals surface area contributed by atoms with Crippen LogP contribution in [0.4, 0.5) is 0 Å². The smallest absolute Gasteiger partial charge is 0.115 e. The predicted molar refractivity (Wildman–Crippen MR) is 57.8 cm³/mol. The Bertz CT molecular complexity index is 411. The van der Waals surface area contributed by atoms with Gasteiger partial charge in [-0.25, -0.2) is 0 Å². The minimum absolute atomic E-state index is 0.268. The molecular formula is C11H13N3O2. The highest BCUT2D eigenvalue weighted by Gasteiger charge is 1.95. The molecule has 1 heterocycles. The molecule has 84 valence electrons. The highest BCUT2D eigenvalue weighted by molar-refractivity contribution is 5.25. The first-order chi connectivity index (χ1) is 7.84. The number of hydrogen-bond acceptors (Lipinski definition) is 4. The van der Waals surface area contributed by atoms with Crippen molar-refractivity contribution in [3.05, 3.63) is 42.2 Å². The molecule has 0 aliphatic heterocycles. The Labute approximate surface area is 93.3 Å². The van der Waals surface area contributed by atoms with E-state index >= 15 is 0 Å². The summed E-state index contributed by atoms with van der Waals surface area (Å²) >= 11 is 0. The van der Waals surface area contributed by atoms with Crippen LogP contribution in [0.3, 0.4) is 0 Å². The zero-order valence-electron chi connectivity index (χ0n) is 8.78. The van der Waals surface area contributed by atoms with Gasteiger partial charge in [-0.3, -0.25) is 0 Å². The summed E-state index contributed by atoms with van der Waals surface area (Å²) in [6, 6.07) is 6.96. The van der Waals surface area contributed by atoms with E-state index in [9.17, 15) is 0 Å². The summed E-state index contributed by atoms with van der Waals surface area (Å²) in [6.45, 7) is 1.74. The second-order valence-corrected chi connectivity index (χ2v) is 3.34. The minimum atomic E-state index is 0.268. The molecule has 5 nitrogen and oxygen atoms in total. The zero-order chi connectivity index (χ0) is 11.2. The van der Waals surface area contributed by atoms with Crippen LogP contribution in [0.1, 0.15) is 5.56 Å². The summed E-state index contributed by atoms with van der Waals surface area (Å²) < 4.78 is 5.45. The van der Waals surface area contributed by atoms with Crippen molar-refractivity contribution in [3.63, 3.8) is 0 Å². The van der Waals surface area contributed by atoms with E-state index in [1.807, 2.05) is 12.1 Å². The maximum atomic E-state index is 9.09. The molecule has 0 spiro atoms. The Morgan fingerprint density at radius 1 is 1.12 bits per heavy atom. The van der Waals surface area contributed by atoms with Gasteiger partial charge in [0.2, 0.25) is 0 Å². The minimum Gasteiger partial charge on any atom is -0.508 e. The lowest BCUT2D eigenvalue weighted by Gasteiger charge is -2.04. The van der Waals surface area contributed by atoms with Crippen molar-refractivity contribution in [2.45, 2.75) is 13.2 Å². The summed E-state index contributed by atoms with van der Waals surface area (Å²) in [4.78, 5) is 1.58. The van der Waals surface area contributed by atoms with Crippen molar-refractivity contribution in [3.8, 4) is 5.75 Å². The lowest BCUT2D eigenvalue weighted by atomic mass is 10.2. The first-order valence-electron chi connectivity index (χ1n) is 5.04. The van der Waals surface area contributed by atoms with Crippen molar-refractivity contribution in [2.24, 2.45) is 0 Å². The van der Waals surface area contributed by atoms with Gasteiger partial charge < -0.3 is 9.84 Å². The van der Waals surface area contributed by atoms with Gasteiger partial charge in [0.25, 0.3) is 0 Å². The lowest BCUT2D eigenvalue weighted by Crippen LogP contribution is -2.08. The van der Waals surface area contributed by atoms with Gasteiger partial charge in [-0.15, -0.1) is 0 Å². The molecule has 1 aromatic carbocycles. The average molecular weight is 219 g/mol. The van der Waals surface area contributed by atoms with Crippen LogP contribution < -0.4 is 0 Å². The maximum absolute atomic E-state index is 9.09. The normalized spacial score (nSPS) is 10.5. The van der Waals surface area contributed by atoms with E-state index in [0.29, 0.717) is 19.8 Å². The first kappa shape index (κ1) is 10.6. The second-order valence-electron chi connectivity index (χ2n) is 3.34. The van der Waals surface area contributed by atoms with Crippen LogP contribution in [0.5, 0.6) is 5.75 Å². The van der Waals surface area contributed by atoms with Crippen LogP contribution in [-0.2, 0) is 17.9 Å². The van der Waals surface area contributed by atoms with E-state index in [0.717, 1.165) is 5.56 Å². The number of hydrogen-bond donors (Lipinski definition) is 1. The molecule has 16 heavy (non-hydrogen) atoms. The van der Waals surface area contributed by atoms with Crippen molar-refractivity contribution in [1.29, 1.82) is 0 Å². The molecule has 0 amide bonds. The molecule has 2 aromatic rings. The highest BCUT2D eigenvalue weighted by Crippen LogP contribution is 2.10. The second kappa shape index (κ2) is 5.27.